The van der Waals surface area contributed by atoms with Crippen molar-refractivity contribution in [3.8, 4) is 0 Å². The molecule has 0 unspecified atom stereocenters. The third-order valence-corrected chi connectivity index (χ3v) is 12.7. The Hall–Kier alpha value is -5.56. The van der Waals surface area contributed by atoms with Crippen molar-refractivity contribution in [2.45, 2.75) is 127 Å². The zero-order valence-electron chi connectivity index (χ0n) is 36.9. The first kappa shape index (κ1) is 46.9. The van der Waals surface area contributed by atoms with Gasteiger partial charge in [0.15, 0.2) is 0 Å². The normalized spacial score (nSPS) is 22.0. The zero-order valence-corrected chi connectivity index (χ0v) is 36.9. The SMILES string of the molecule is CCCCCCCNC(=O)[C@@](O)(CNC(=O)c1ccc(C(=O)N2C[C@@H](C(=O)N[C@H]3C[C@@H]3c3ccccc3)[C@H](C(=O)N[C@H]3C[C@@H]3c3ccccc3)C2)cc1)NC(=O)CCCCCCC. The Morgan fingerprint density at radius 2 is 1.11 bits per heavy atom. The smallest absolute Gasteiger partial charge is 0.275 e. The third-order valence-electron chi connectivity index (χ3n) is 12.7. The molecular formula is C50H66N6O7. The summed E-state index contributed by atoms with van der Waals surface area (Å²) in [5.74, 6) is -3.87. The van der Waals surface area contributed by atoms with Crippen LogP contribution in [0.25, 0.3) is 0 Å². The number of carbonyl (C=O) groups excluding carboxylic acids is 6. The minimum atomic E-state index is -2.37. The molecule has 0 radical (unpaired) electrons. The van der Waals surface area contributed by atoms with E-state index in [-0.39, 0.29) is 72.3 Å². The minimum Gasteiger partial charge on any atom is -0.362 e. The fourth-order valence-corrected chi connectivity index (χ4v) is 8.62. The average molecular weight is 863 g/mol. The molecule has 6 N–H and O–H groups in total. The van der Waals surface area contributed by atoms with E-state index in [0.29, 0.717) is 13.0 Å². The molecule has 3 aromatic carbocycles. The Bertz CT molecular complexity index is 1940. The van der Waals surface area contributed by atoms with Crippen LogP contribution in [-0.2, 0) is 19.2 Å². The largest absolute Gasteiger partial charge is 0.362 e. The molecule has 3 aliphatic rings. The lowest BCUT2D eigenvalue weighted by Gasteiger charge is -2.28. The van der Waals surface area contributed by atoms with Crippen LogP contribution in [-0.4, -0.2) is 89.4 Å². The number of rotatable bonds is 24. The van der Waals surface area contributed by atoms with E-state index in [0.717, 1.165) is 81.8 Å². The maximum Gasteiger partial charge on any atom is 0.275 e. The summed E-state index contributed by atoms with van der Waals surface area (Å²) < 4.78 is 0. The summed E-state index contributed by atoms with van der Waals surface area (Å²) in [6.07, 6.45) is 11.2. The maximum atomic E-state index is 14.0. The summed E-state index contributed by atoms with van der Waals surface area (Å²) >= 11 is 0. The van der Waals surface area contributed by atoms with E-state index in [1.54, 1.807) is 0 Å². The first-order valence-corrected chi connectivity index (χ1v) is 23.2. The molecule has 6 amide bonds. The molecule has 0 spiro atoms. The number of nitrogens with one attached hydrogen (secondary N) is 5. The summed E-state index contributed by atoms with van der Waals surface area (Å²) in [5.41, 5.74) is 0.362. The van der Waals surface area contributed by atoms with Gasteiger partial charge in [-0.3, -0.25) is 28.8 Å². The second-order valence-electron chi connectivity index (χ2n) is 17.7. The number of likely N-dealkylation sites (tertiary alicyclic amines) is 1. The Balaban J connectivity index is 1.07. The molecular weight excluding hydrogens is 797 g/mol. The highest BCUT2D eigenvalue weighted by Crippen LogP contribution is 2.42. The molecule has 1 aliphatic heterocycles. The molecule has 7 atom stereocenters. The van der Waals surface area contributed by atoms with Crippen LogP contribution >= 0.6 is 0 Å². The van der Waals surface area contributed by atoms with Gasteiger partial charge in [0, 0.05) is 61.1 Å². The van der Waals surface area contributed by atoms with E-state index >= 15 is 0 Å². The molecule has 6 rings (SSSR count). The van der Waals surface area contributed by atoms with Gasteiger partial charge in [-0.25, -0.2) is 0 Å². The van der Waals surface area contributed by atoms with Crippen molar-refractivity contribution < 1.29 is 33.9 Å². The maximum absolute atomic E-state index is 14.0. The third kappa shape index (κ3) is 13.2. The van der Waals surface area contributed by atoms with E-state index in [1.165, 1.54) is 29.2 Å². The number of hydrogen-bond donors (Lipinski definition) is 6. The van der Waals surface area contributed by atoms with E-state index < -0.39 is 41.8 Å². The van der Waals surface area contributed by atoms with Crippen LogP contribution in [0.2, 0.25) is 0 Å². The highest BCUT2D eigenvalue weighted by Gasteiger charge is 2.49. The van der Waals surface area contributed by atoms with Crippen molar-refractivity contribution in [3.05, 3.63) is 107 Å². The van der Waals surface area contributed by atoms with Crippen molar-refractivity contribution in [2.75, 3.05) is 26.2 Å². The minimum absolute atomic E-state index is 0.0415. The Labute approximate surface area is 371 Å². The van der Waals surface area contributed by atoms with Gasteiger partial charge in [-0.2, -0.15) is 0 Å². The second kappa shape index (κ2) is 22.7. The topological polar surface area (TPSA) is 186 Å². The first-order valence-electron chi connectivity index (χ1n) is 23.2. The number of hydrogen-bond acceptors (Lipinski definition) is 7. The molecule has 2 saturated carbocycles. The van der Waals surface area contributed by atoms with E-state index in [9.17, 15) is 33.9 Å². The summed E-state index contributed by atoms with van der Waals surface area (Å²) in [5, 5.41) is 25.5. The van der Waals surface area contributed by atoms with Crippen LogP contribution in [0, 0.1) is 11.8 Å². The highest BCUT2D eigenvalue weighted by atomic mass is 16.3. The molecule has 0 bridgehead atoms. The van der Waals surface area contributed by atoms with Crippen molar-refractivity contribution in [1.82, 2.24) is 31.5 Å². The molecule has 2 aliphatic carbocycles. The molecule has 3 fully saturated rings. The zero-order chi connectivity index (χ0) is 44.8. The van der Waals surface area contributed by atoms with E-state index in [4.69, 9.17) is 0 Å². The second-order valence-corrected chi connectivity index (χ2v) is 17.7. The predicted molar refractivity (Wildman–Crippen MR) is 241 cm³/mol. The van der Waals surface area contributed by atoms with Gasteiger partial charge in [-0.15, -0.1) is 0 Å². The summed E-state index contributed by atoms with van der Waals surface area (Å²) in [6.45, 7) is 4.09. The molecule has 63 heavy (non-hydrogen) atoms. The molecule has 338 valence electrons. The summed E-state index contributed by atoms with van der Waals surface area (Å²) in [7, 11) is 0. The van der Waals surface area contributed by atoms with Crippen molar-refractivity contribution >= 4 is 35.4 Å². The Morgan fingerprint density at radius 3 is 1.63 bits per heavy atom. The van der Waals surface area contributed by atoms with Gasteiger partial charge in [0.2, 0.25) is 23.4 Å². The number of aliphatic hydroxyl groups is 1. The quantitative estimate of drug-likeness (QED) is 0.0493. The molecule has 0 aromatic heterocycles. The number of nitrogens with zero attached hydrogens (tertiary/aromatic N) is 1. The van der Waals surface area contributed by atoms with Gasteiger partial charge in [0.25, 0.3) is 17.7 Å². The number of carbonyl (C=O) groups is 6. The molecule has 1 saturated heterocycles. The van der Waals surface area contributed by atoms with Crippen LogP contribution in [0.3, 0.4) is 0 Å². The lowest BCUT2D eigenvalue weighted by Crippen LogP contribution is -2.64. The average Bonchev–Trinajstić information content (AvgIpc) is 4.21. The van der Waals surface area contributed by atoms with Crippen LogP contribution in [0.15, 0.2) is 84.9 Å². The van der Waals surface area contributed by atoms with E-state index in [2.05, 4.69) is 40.4 Å². The standard InChI is InChI=1S/C50H66N6O7/c1-3-5-7-9-17-23-44(57)55-50(63,49(62)51-28-18-10-8-6-4-2)33-52-45(58)36-24-26-37(27-25-36)48(61)56-31-40(46(59)53-42-29-38(42)34-19-13-11-14-20-34)41(32-56)47(60)54-43-30-39(43)35-21-15-12-16-22-35/h11-16,19-22,24-27,38-43,63H,3-10,17-18,23,28-33H2,1-2H3,(H,51,62)(H,52,58)(H,53,59)(H,54,60)(H,55,57)/t38-,39-,40-,41-,42+,43+,50+/m1/s1. The van der Waals surface area contributed by atoms with Gasteiger partial charge in [0.05, 0.1) is 18.4 Å². The lowest BCUT2D eigenvalue weighted by atomic mass is 9.94. The fourth-order valence-electron chi connectivity index (χ4n) is 8.62. The van der Waals surface area contributed by atoms with Gasteiger partial charge >= 0.3 is 0 Å². The van der Waals surface area contributed by atoms with Crippen LogP contribution in [0.5, 0.6) is 0 Å². The van der Waals surface area contributed by atoms with Crippen LogP contribution in [0.1, 0.15) is 141 Å². The lowest BCUT2D eigenvalue weighted by molar-refractivity contribution is -0.148. The van der Waals surface area contributed by atoms with Gasteiger partial charge in [0.1, 0.15) is 0 Å². The number of benzene rings is 3. The van der Waals surface area contributed by atoms with Crippen molar-refractivity contribution in [1.29, 1.82) is 0 Å². The Kier molecular flexibility index (Phi) is 16.9. The van der Waals surface area contributed by atoms with Crippen molar-refractivity contribution in [2.24, 2.45) is 11.8 Å². The highest BCUT2D eigenvalue weighted by molar-refractivity contribution is 5.99. The molecule has 1 heterocycles. The monoisotopic (exact) mass is 862 g/mol. The van der Waals surface area contributed by atoms with Gasteiger partial charge < -0.3 is 36.6 Å². The summed E-state index contributed by atoms with van der Waals surface area (Å²) in [4.78, 5) is 82.8. The molecule has 13 heteroatoms. The molecule has 3 aromatic rings. The Morgan fingerprint density at radius 1 is 0.619 bits per heavy atom. The summed E-state index contributed by atoms with van der Waals surface area (Å²) in [6, 6.07) is 25.8. The number of unbranched alkanes of at least 4 members (excludes halogenated alkanes) is 8. The van der Waals surface area contributed by atoms with Gasteiger partial charge in [-0.1, -0.05) is 126 Å². The number of amides is 6. The molecule has 13 nitrogen and oxygen atoms in total. The van der Waals surface area contributed by atoms with Crippen molar-refractivity contribution in [3.63, 3.8) is 0 Å². The van der Waals surface area contributed by atoms with Gasteiger partial charge in [-0.05, 0) is 61.1 Å². The van der Waals surface area contributed by atoms with E-state index in [1.807, 2.05) is 60.7 Å². The first-order chi connectivity index (χ1) is 30.5. The fraction of sp³-hybridized carbons (Fsp3) is 0.520. The van der Waals surface area contributed by atoms with Crippen LogP contribution in [0.4, 0.5) is 0 Å². The van der Waals surface area contributed by atoms with Crippen LogP contribution < -0.4 is 26.6 Å². The predicted octanol–water partition coefficient (Wildman–Crippen LogP) is 5.70.